The molecular formula is C17H24BrNO3. The van der Waals surface area contributed by atoms with Crippen LogP contribution < -0.4 is 5.32 Å². The van der Waals surface area contributed by atoms with Gasteiger partial charge >= 0.3 is 5.97 Å². The molecule has 1 aromatic carbocycles. The van der Waals surface area contributed by atoms with Gasteiger partial charge in [0.1, 0.15) is 5.60 Å². The van der Waals surface area contributed by atoms with Crippen molar-refractivity contribution in [1.82, 2.24) is 5.32 Å². The molecule has 2 rings (SSSR count). The second-order valence-corrected chi connectivity index (χ2v) is 7.08. The summed E-state index contributed by atoms with van der Waals surface area (Å²) < 4.78 is 0.995. The third-order valence-electron chi connectivity index (χ3n) is 4.73. The summed E-state index contributed by atoms with van der Waals surface area (Å²) in [6.45, 7) is 2.47. The zero-order valence-electron chi connectivity index (χ0n) is 12.9. The van der Waals surface area contributed by atoms with Crippen LogP contribution in [0.5, 0.6) is 0 Å². The molecule has 4 nitrogen and oxygen atoms in total. The molecule has 1 saturated carbocycles. The van der Waals surface area contributed by atoms with Gasteiger partial charge in [-0.05, 0) is 49.8 Å². The summed E-state index contributed by atoms with van der Waals surface area (Å²) >= 11 is 3.41. The Kier molecular flexibility index (Phi) is 6.01. The van der Waals surface area contributed by atoms with Gasteiger partial charge in [-0.15, -0.1) is 0 Å². The number of rotatable bonds is 6. The first-order chi connectivity index (χ1) is 10.4. The highest BCUT2D eigenvalue weighted by Gasteiger charge is 2.30. The quantitative estimate of drug-likeness (QED) is 0.719. The van der Waals surface area contributed by atoms with Crippen molar-refractivity contribution < 1.29 is 15.0 Å². The minimum Gasteiger partial charge on any atom is -0.481 e. The van der Waals surface area contributed by atoms with E-state index >= 15 is 0 Å². The van der Waals surface area contributed by atoms with Gasteiger partial charge in [0.25, 0.3) is 0 Å². The van der Waals surface area contributed by atoms with Gasteiger partial charge in [-0.2, -0.15) is 0 Å². The maximum atomic E-state index is 11.0. The Morgan fingerprint density at radius 3 is 2.36 bits per heavy atom. The summed E-state index contributed by atoms with van der Waals surface area (Å²) in [7, 11) is 0. The van der Waals surface area contributed by atoms with Crippen LogP contribution in [0.15, 0.2) is 28.7 Å². The lowest BCUT2D eigenvalue weighted by molar-refractivity contribution is -0.142. The van der Waals surface area contributed by atoms with E-state index in [0.717, 1.165) is 35.7 Å². The van der Waals surface area contributed by atoms with Crippen molar-refractivity contribution in [2.45, 2.75) is 50.7 Å². The molecule has 0 saturated heterocycles. The fourth-order valence-corrected chi connectivity index (χ4v) is 3.31. The van der Waals surface area contributed by atoms with E-state index in [1.54, 1.807) is 0 Å². The number of nitrogens with one attached hydrogen (secondary N) is 1. The van der Waals surface area contributed by atoms with Gasteiger partial charge in [0.15, 0.2) is 0 Å². The Morgan fingerprint density at radius 2 is 1.86 bits per heavy atom. The summed E-state index contributed by atoms with van der Waals surface area (Å²) in [5.41, 5.74) is 0.0228. The first kappa shape index (κ1) is 17.4. The van der Waals surface area contributed by atoms with E-state index in [1.165, 1.54) is 0 Å². The molecule has 1 unspecified atom stereocenters. The molecule has 1 aromatic rings. The van der Waals surface area contributed by atoms with Gasteiger partial charge in [-0.25, -0.2) is 0 Å². The zero-order chi connectivity index (χ0) is 16.2. The number of hydrogen-bond donors (Lipinski definition) is 3. The summed E-state index contributed by atoms with van der Waals surface area (Å²) in [4.78, 5) is 11.0. The molecule has 1 aliphatic rings. The molecule has 22 heavy (non-hydrogen) atoms. The van der Waals surface area contributed by atoms with Crippen LogP contribution in [-0.2, 0) is 10.4 Å². The van der Waals surface area contributed by atoms with Crippen molar-refractivity contribution in [3.8, 4) is 0 Å². The fourth-order valence-electron chi connectivity index (χ4n) is 3.05. The topological polar surface area (TPSA) is 69.6 Å². The second kappa shape index (κ2) is 7.57. The van der Waals surface area contributed by atoms with Gasteiger partial charge in [0.05, 0.1) is 5.92 Å². The summed E-state index contributed by atoms with van der Waals surface area (Å²) in [5, 5.41) is 23.3. The van der Waals surface area contributed by atoms with Crippen molar-refractivity contribution in [1.29, 1.82) is 0 Å². The van der Waals surface area contributed by atoms with Gasteiger partial charge in [-0.3, -0.25) is 4.79 Å². The lowest BCUT2D eigenvalue weighted by atomic mass is 9.85. The normalized spacial score (nSPS) is 24.7. The number of halogens is 1. The van der Waals surface area contributed by atoms with Crippen LogP contribution in [0, 0.1) is 5.92 Å². The first-order valence-electron chi connectivity index (χ1n) is 7.89. The van der Waals surface area contributed by atoms with Crippen LogP contribution in [0.25, 0.3) is 0 Å². The lowest BCUT2D eigenvalue weighted by Gasteiger charge is -2.33. The molecule has 1 atom stereocenters. The smallest absolute Gasteiger partial charge is 0.306 e. The third-order valence-corrected chi connectivity index (χ3v) is 5.25. The largest absolute Gasteiger partial charge is 0.481 e. The zero-order valence-corrected chi connectivity index (χ0v) is 14.5. The van der Waals surface area contributed by atoms with Crippen molar-refractivity contribution in [3.05, 3.63) is 34.3 Å². The summed E-state index contributed by atoms with van der Waals surface area (Å²) in [6, 6.07) is 8.05. The number of carboxylic acids is 1. The molecule has 3 N–H and O–H groups in total. The van der Waals surface area contributed by atoms with E-state index in [2.05, 4.69) is 21.2 Å². The minimum absolute atomic E-state index is 0.199. The van der Waals surface area contributed by atoms with E-state index in [-0.39, 0.29) is 5.92 Å². The van der Waals surface area contributed by atoms with Gasteiger partial charge in [0, 0.05) is 17.1 Å². The monoisotopic (exact) mass is 369 g/mol. The van der Waals surface area contributed by atoms with Crippen LogP contribution >= 0.6 is 15.9 Å². The highest BCUT2D eigenvalue weighted by molar-refractivity contribution is 9.10. The molecule has 122 valence electrons. The number of aliphatic hydroxyl groups is 1. The third kappa shape index (κ3) is 4.31. The lowest BCUT2D eigenvalue weighted by Crippen LogP contribution is -2.44. The molecule has 1 aliphatic carbocycles. The predicted molar refractivity (Wildman–Crippen MR) is 89.7 cm³/mol. The van der Waals surface area contributed by atoms with Crippen LogP contribution in [0.3, 0.4) is 0 Å². The molecule has 1 fully saturated rings. The molecule has 0 radical (unpaired) electrons. The number of carboxylic acid groups (broad SMARTS) is 1. The van der Waals surface area contributed by atoms with Crippen molar-refractivity contribution in [2.75, 3.05) is 6.54 Å². The highest BCUT2D eigenvalue weighted by Crippen LogP contribution is 2.28. The van der Waals surface area contributed by atoms with E-state index in [0.29, 0.717) is 19.0 Å². The number of hydrogen-bond acceptors (Lipinski definition) is 3. The van der Waals surface area contributed by atoms with E-state index in [9.17, 15) is 9.90 Å². The molecule has 0 aliphatic heterocycles. The molecule has 0 aromatic heterocycles. The Morgan fingerprint density at radius 1 is 1.27 bits per heavy atom. The maximum Gasteiger partial charge on any atom is 0.306 e. The van der Waals surface area contributed by atoms with E-state index < -0.39 is 11.6 Å². The predicted octanol–water partition coefficient (Wildman–Crippen LogP) is 3.28. The van der Waals surface area contributed by atoms with E-state index in [4.69, 9.17) is 5.11 Å². The van der Waals surface area contributed by atoms with Gasteiger partial charge < -0.3 is 15.5 Å². The van der Waals surface area contributed by atoms with E-state index in [1.807, 2.05) is 31.2 Å². The highest BCUT2D eigenvalue weighted by atomic mass is 79.9. The SMILES string of the molecule is CCC(O)(CNC1CCC(C(=O)O)CC1)c1ccc(Br)cc1. The van der Waals surface area contributed by atoms with Crippen LogP contribution in [0.2, 0.25) is 0 Å². The Balaban J connectivity index is 1.91. The fraction of sp³-hybridized carbons (Fsp3) is 0.588. The maximum absolute atomic E-state index is 11.0. The van der Waals surface area contributed by atoms with Gasteiger partial charge in [0.2, 0.25) is 0 Å². The van der Waals surface area contributed by atoms with Crippen LogP contribution in [0.1, 0.15) is 44.6 Å². The summed E-state index contributed by atoms with van der Waals surface area (Å²) in [5.74, 6) is -0.882. The van der Waals surface area contributed by atoms with Crippen molar-refractivity contribution in [3.63, 3.8) is 0 Å². The molecule has 5 heteroatoms. The van der Waals surface area contributed by atoms with Crippen LogP contribution in [-0.4, -0.2) is 28.8 Å². The average molecular weight is 370 g/mol. The number of carbonyl (C=O) groups is 1. The molecular weight excluding hydrogens is 346 g/mol. The second-order valence-electron chi connectivity index (χ2n) is 6.16. The standard InChI is InChI=1S/C17H24BrNO3/c1-2-17(22,13-5-7-14(18)8-6-13)11-19-15-9-3-12(4-10-15)16(20)21/h5-8,12,15,19,22H,2-4,9-11H2,1H3,(H,20,21). The summed E-state index contributed by atoms with van der Waals surface area (Å²) in [6.07, 6.45) is 3.78. The molecule has 0 heterocycles. The average Bonchev–Trinajstić information content (AvgIpc) is 2.53. The minimum atomic E-state index is -0.885. The molecule has 0 bridgehead atoms. The Labute approximate surface area is 140 Å². The molecule has 0 spiro atoms. The molecule has 0 amide bonds. The van der Waals surface area contributed by atoms with Crippen LogP contribution in [0.4, 0.5) is 0 Å². The van der Waals surface area contributed by atoms with Gasteiger partial charge in [-0.1, -0.05) is 35.0 Å². The Hall–Kier alpha value is -0.910. The first-order valence-corrected chi connectivity index (χ1v) is 8.68. The number of aliphatic carboxylic acids is 1. The van der Waals surface area contributed by atoms with Crippen molar-refractivity contribution >= 4 is 21.9 Å². The number of benzene rings is 1. The van der Waals surface area contributed by atoms with Crippen molar-refractivity contribution in [2.24, 2.45) is 5.92 Å². The Bertz CT molecular complexity index is 497.